The lowest BCUT2D eigenvalue weighted by atomic mass is 10.1. The summed E-state index contributed by atoms with van der Waals surface area (Å²) in [5, 5.41) is 3.53. The lowest BCUT2D eigenvalue weighted by molar-refractivity contribution is 0.809. The Kier molecular flexibility index (Phi) is 2.13. The van der Waals surface area contributed by atoms with Crippen molar-refractivity contribution in [2.75, 3.05) is 5.32 Å². The molecule has 16 heavy (non-hydrogen) atoms. The van der Waals surface area contributed by atoms with E-state index in [1.54, 1.807) is 0 Å². The Morgan fingerprint density at radius 3 is 2.94 bits per heavy atom. The summed E-state index contributed by atoms with van der Waals surface area (Å²) in [5.74, 6) is 0.506. The van der Waals surface area contributed by atoms with Crippen LogP contribution in [0.15, 0.2) is 24.5 Å². The topological polar surface area (TPSA) is 29.3 Å². The van der Waals surface area contributed by atoms with Crippen LogP contribution in [0.3, 0.4) is 0 Å². The van der Waals surface area contributed by atoms with E-state index in [0.29, 0.717) is 12.0 Å². The van der Waals surface area contributed by atoms with Crippen molar-refractivity contribution in [3.63, 3.8) is 0 Å². The summed E-state index contributed by atoms with van der Waals surface area (Å²) >= 11 is 0. The van der Waals surface area contributed by atoms with Gasteiger partial charge in [0, 0.05) is 24.1 Å². The number of nitrogens with zero attached hydrogens (tertiary/aromatic N) is 2. The average molecular weight is 215 g/mol. The zero-order valence-corrected chi connectivity index (χ0v) is 9.77. The summed E-state index contributed by atoms with van der Waals surface area (Å²) < 4.78 is 2.19. The molecule has 0 amide bonds. The van der Waals surface area contributed by atoms with Gasteiger partial charge in [0.1, 0.15) is 0 Å². The first-order valence-corrected chi connectivity index (χ1v) is 5.98. The highest BCUT2D eigenvalue weighted by Gasteiger charge is 2.22. The molecular formula is C13H17N3. The Morgan fingerprint density at radius 1 is 1.44 bits per heavy atom. The zero-order chi connectivity index (χ0) is 11.1. The van der Waals surface area contributed by atoms with Gasteiger partial charge in [-0.25, -0.2) is 4.98 Å². The fourth-order valence-corrected chi connectivity index (χ4v) is 2.02. The summed E-state index contributed by atoms with van der Waals surface area (Å²) in [5.41, 5.74) is 3.49. The fourth-order valence-electron chi connectivity index (χ4n) is 2.02. The molecule has 84 valence electrons. The molecule has 3 nitrogen and oxygen atoms in total. The number of anilines is 1. The number of pyridine rings is 1. The van der Waals surface area contributed by atoms with E-state index in [-0.39, 0.29) is 0 Å². The second-order valence-corrected chi connectivity index (χ2v) is 4.87. The number of imidazole rings is 1. The normalized spacial score (nSPS) is 15.9. The maximum Gasteiger partial charge on any atom is 0.160 e. The predicted molar refractivity (Wildman–Crippen MR) is 65.9 cm³/mol. The maximum absolute atomic E-state index is 4.52. The molecular weight excluding hydrogens is 198 g/mol. The van der Waals surface area contributed by atoms with E-state index in [0.717, 1.165) is 11.3 Å². The number of fused-ring (bicyclic) bond motifs is 1. The van der Waals surface area contributed by atoms with Crippen LogP contribution in [0.25, 0.3) is 5.65 Å². The Hall–Kier alpha value is -1.51. The Morgan fingerprint density at radius 2 is 2.25 bits per heavy atom. The molecule has 1 aliphatic carbocycles. The number of aromatic nitrogens is 2. The zero-order valence-electron chi connectivity index (χ0n) is 9.77. The van der Waals surface area contributed by atoms with Crippen molar-refractivity contribution in [3.8, 4) is 0 Å². The summed E-state index contributed by atoms with van der Waals surface area (Å²) in [6, 6.07) is 4.88. The van der Waals surface area contributed by atoms with Crippen LogP contribution in [-0.2, 0) is 0 Å². The van der Waals surface area contributed by atoms with E-state index in [1.807, 2.05) is 6.20 Å². The Labute approximate surface area is 95.5 Å². The summed E-state index contributed by atoms with van der Waals surface area (Å²) in [6.07, 6.45) is 6.66. The largest absolute Gasteiger partial charge is 0.379 e. The third-order valence-corrected chi connectivity index (χ3v) is 3.09. The van der Waals surface area contributed by atoms with Gasteiger partial charge < -0.3 is 9.72 Å². The van der Waals surface area contributed by atoms with Crippen molar-refractivity contribution >= 4 is 11.3 Å². The van der Waals surface area contributed by atoms with Gasteiger partial charge in [-0.15, -0.1) is 0 Å². The minimum Gasteiger partial charge on any atom is -0.379 e. The van der Waals surface area contributed by atoms with Crippen LogP contribution in [-0.4, -0.2) is 15.4 Å². The van der Waals surface area contributed by atoms with E-state index >= 15 is 0 Å². The number of hydrogen-bond donors (Lipinski definition) is 1. The highest BCUT2D eigenvalue weighted by atomic mass is 15.1. The Balaban J connectivity index is 2.08. The molecule has 3 rings (SSSR count). The molecule has 1 saturated carbocycles. The molecule has 1 fully saturated rings. The monoisotopic (exact) mass is 215 g/mol. The van der Waals surface area contributed by atoms with Crippen LogP contribution in [0.5, 0.6) is 0 Å². The molecule has 0 saturated heterocycles. The molecule has 2 aromatic heterocycles. The van der Waals surface area contributed by atoms with Crippen LogP contribution in [0.4, 0.5) is 5.69 Å². The number of hydrogen-bond acceptors (Lipinski definition) is 2. The van der Waals surface area contributed by atoms with Gasteiger partial charge in [0.15, 0.2) is 5.65 Å². The van der Waals surface area contributed by atoms with Crippen molar-refractivity contribution in [2.45, 2.75) is 38.6 Å². The molecule has 1 aliphatic rings. The molecule has 0 spiro atoms. The van der Waals surface area contributed by atoms with Crippen molar-refractivity contribution in [1.29, 1.82) is 0 Å². The molecule has 3 heteroatoms. The van der Waals surface area contributed by atoms with Crippen molar-refractivity contribution in [3.05, 3.63) is 30.2 Å². The second kappa shape index (κ2) is 3.51. The van der Waals surface area contributed by atoms with Crippen LogP contribution >= 0.6 is 0 Å². The molecule has 0 bridgehead atoms. The van der Waals surface area contributed by atoms with Gasteiger partial charge in [0.2, 0.25) is 0 Å². The summed E-state index contributed by atoms with van der Waals surface area (Å²) in [7, 11) is 0. The van der Waals surface area contributed by atoms with Crippen LogP contribution < -0.4 is 5.32 Å². The lowest BCUT2D eigenvalue weighted by Gasteiger charge is -2.08. The smallest absolute Gasteiger partial charge is 0.160 e. The standard InChI is InChI=1S/C13H17N3/c1-9(2)12-8-14-13-11(15-10-5-6-10)4-3-7-16(12)13/h3-4,7-10,15H,5-6H2,1-2H3. The summed E-state index contributed by atoms with van der Waals surface area (Å²) in [4.78, 5) is 4.52. The number of rotatable bonds is 3. The lowest BCUT2D eigenvalue weighted by Crippen LogP contribution is -2.03. The first-order chi connectivity index (χ1) is 7.75. The fraction of sp³-hybridized carbons (Fsp3) is 0.462. The van der Waals surface area contributed by atoms with Crippen molar-refractivity contribution in [1.82, 2.24) is 9.38 Å². The summed E-state index contributed by atoms with van der Waals surface area (Å²) in [6.45, 7) is 4.40. The predicted octanol–water partition coefficient (Wildman–Crippen LogP) is 3.03. The minimum atomic E-state index is 0.506. The highest BCUT2D eigenvalue weighted by molar-refractivity contribution is 5.68. The molecule has 2 heterocycles. The van der Waals surface area contributed by atoms with E-state index in [4.69, 9.17) is 0 Å². The highest BCUT2D eigenvalue weighted by Crippen LogP contribution is 2.28. The SMILES string of the molecule is CC(C)c1cnc2c(NC3CC3)cccn12. The Bertz CT molecular complexity index is 509. The molecule has 0 aliphatic heterocycles. The quantitative estimate of drug-likeness (QED) is 0.852. The minimum absolute atomic E-state index is 0.506. The molecule has 0 unspecified atom stereocenters. The van der Waals surface area contributed by atoms with Crippen molar-refractivity contribution in [2.24, 2.45) is 0 Å². The van der Waals surface area contributed by atoms with E-state index < -0.39 is 0 Å². The van der Waals surface area contributed by atoms with Gasteiger partial charge in [-0.1, -0.05) is 13.8 Å². The first kappa shape index (κ1) is 9.70. The molecule has 1 N–H and O–H groups in total. The molecule has 0 atom stereocenters. The van der Waals surface area contributed by atoms with Crippen LogP contribution in [0.2, 0.25) is 0 Å². The first-order valence-electron chi connectivity index (χ1n) is 5.98. The molecule has 0 radical (unpaired) electrons. The van der Waals surface area contributed by atoms with Crippen LogP contribution in [0, 0.1) is 0 Å². The third kappa shape index (κ3) is 1.56. The van der Waals surface area contributed by atoms with Crippen molar-refractivity contribution < 1.29 is 0 Å². The van der Waals surface area contributed by atoms with Gasteiger partial charge in [-0.2, -0.15) is 0 Å². The van der Waals surface area contributed by atoms with Gasteiger partial charge in [-0.3, -0.25) is 0 Å². The van der Waals surface area contributed by atoms with E-state index in [9.17, 15) is 0 Å². The van der Waals surface area contributed by atoms with Crippen LogP contribution in [0.1, 0.15) is 38.3 Å². The molecule has 0 aromatic carbocycles. The number of nitrogens with one attached hydrogen (secondary N) is 1. The van der Waals surface area contributed by atoms with Gasteiger partial charge in [0.05, 0.1) is 5.69 Å². The van der Waals surface area contributed by atoms with Gasteiger partial charge >= 0.3 is 0 Å². The third-order valence-electron chi connectivity index (χ3n) is 3.09. The maximum atomic E-state index is 4.52. The van der Waals surface area contributed by atoms with E-state index in [2.05, 4.69) is 46.9 Å². The van der Waals surface area contributed by atoms with Gasteiger partial charge in [-0.05, 0) is 30.9 Å². The van der Waals surface area contributed by atoms with Gasteiger partial charge in [0.25, 0.3) is 0 Å². The average Bonchev–Trinajstić information content (AvgIpc) is 2.95. The second-order valence-electron chi connectivity index (χ2n) is 4.87. The van der Waals surface area contributed by atoms with E-state index in [1.165, 1.54) is 18.5 Å². The molecule has 2 aromatic rings.